The fourth-order valence-electron chi connectivity index (χ4n) is 12.4. The second-order valence-corrected chi connectivity index (χ2v) is 12.2. The van der Waals surface area contributed by atoms with Crippen molar-refractivity contribution in [2.45, 2.75) is 25.7 Å². The summed E-state index contributed by atoms with van der Waals surface area (Å²) in [7, 11) is 2.96. The average Bonchev–Trinajstić information content (AvgIpc) is 3.59. The van der Waals surface area contributed by atoms with Crippen LogP contribution >= 0.6 is 0 Å². The van der Waals surface area contributed by atoms with Gasteiger partial charge < -0.3 is 9.47 Å². The maximum atomic E-state index is 12.8. The number of hydrogen-bond acceptors (Lipinski definition) is 4. The maximum Gasteiger partial charge on any atom is 0.309 e. The summed E-state index contributed by atoms with van der Waals surface area (Å²) in [6, 6.07) is 0. The molecule has 0 saturated heterocycles. The summed E-state index contributed by atoms with van der Waals surface area (Å²) in [4.78, 5) is 25.6. The van der Waals surface area contributed by atoms with Gasteiger partial charge in [0.2, 0.25) is 0 Å². The molecular formula is C26H32O4. The molecule has 0 N–H and O–H groups in total. The van der Waals surface area contributed by atoms with Crippen LogP contribution in [0.15, 0.2) is 12.2 Å². The van der Waals surface area contributed by atoms with E-state index in [1.165, 1.54) is 33.5 Å². The van der Waals surface area contributed by atoms with Crippen LogP contribution in [0.4, 0.5) is 0 Å². The minimum absolute atomic E-state index is 0.165. The van der Waals surface area contributed by atoms with Crippen LogP contribution in [0, 0.1) is 94.7 Å². The molecular weight excluding hydrogens is 376 g/mol. The Hall–Kier alpha value is -1.32. The monoisotopic (exact) mass is 408 g/mol. The number of hydrogen-bond donors (Lipinski definition) is 0. The van der Waals surface area contributed by atoms with Crippen LogP contribution < -0.4 is 0 Å². The van der Waals surface area contributed by atoms with Gasteiger partial charge in [0, 0.05) is 0 Å². The van der Waals surface area contributed by atoms with E-state index in [-0.39, 0.29) is 23.8 Å². The van der Waals surface area contributed by atoms with Gasteiger partial charge in [0.05, 0.1) is 26.1 Å². The second kappa shape index (κ2) is 5.35. The quantitative estimate of drug-likeness (QED) is 0.399. The highest BCUT2D eigenvalue weighted by molar-refractivity contribution is 5.84. The van der Waals surface area contributed by atoms with Crippen LogP contribution in [0.3, 0.4) is 0 Å². The standard InChI is InChI=1S/C26H32O4/c1-29-25(27)23-15-8-16(24(23)26(28)30-2)22-14-7-13(21(15)22)19-11-6-12(20(14)19)18-10-4-3-9(5-10)17(11)18/h3-4,9-24H,5-8H2,1-2H3. The van der Waals surface area contributed by atoms with E-state index < -0.39 is 0 Å². The second-order valence-electron chi connectivity index (χ2n) is 12.2. The Labute approximate surface area is 178 Å². The lowest BCUT2D eigenvalue weighted by Gasteiger charge is -2.51. The van der Waals surface area contributed by atoms with Crippen LogP contribution in [0.2, 0.25) is 0 Å². The fraction of sp³-hybridized carbons (Fsp3) is 0.846. The maximum absolute atomic E-state index is 12.8. The van der Waals surface area contributed by atoms with Crippen molar-refractivity contribution in [3.63, 3.8) is 0 Å². The molecule has 0 amide bonds. The zero-order chi connectivity index (χ0) is 20.0. The molecule has 8 aliphatic carbocycles. The van der Waals surface area contributed by atoms with Crippen molar-refractivity contribution in [1.82, 2.24) is 0 Å². The molecule has 16 atom stereocenters. The number of fused-ring (bicyclic) bond motifs is 23. The van der Waals surface area contributed by atoms with Crippen molar-refractivity contribution in [2.24, 2.45) is 94.7 Å². The summed E-state index contributed by atoms with van der Waals surface area (Å²) in [5.41, 5.74) is 0. The van der Waals surface area contributed by atoms with E-state index in [4.69, 9.17) is 9.47 Å². The Balaban J connectivity index is 1.18. The molecule has 8 bridgehead atoms. The van der Waals surface area contributed by atoms with Crippen molar-refractivity contribution in [2.75, 3.05) is 14.2 Å². The predicted octanol–water partition coefficient (Wildman–Crippen LogP) is 3.42. The highest BCUT2D eigenvalue weighted by atomic mass is 16.5. The first-order chi connectivity index (χ1) is 14.6. The Morgan fingerprint density at radius 1 is 0.567 bits per heavy atom. The van der Waals surface area contributed by atoms with Crippen LogP contribution in [0.25, 0.3) is 0 Å². The van der Waals surface area contributed by atoms with E-state index in [2.05, 4.69) is 12.2 Å². The average molecular weight is 409 g/mol. The SMILES string of the molecule is COC(=O)C1C2CC(C1C(=O)OC)C1C3CC(C21)C1C2CC(C4C5C=CC(C5)C24)C31. The normalized spacial score (nSPS) is 63.9. The van der Waals surface area contributed by atoms with Crippen molar-refractivity contribution in [3.05, 3.63) is 12.2 Å². The third kappa shape index (κ3) is 1.64. The molecule has 0 aliphatic heterocycles. The lowest BCUT2D eigenvalue weighted by molar-refractivity contribution is -0.165. The molecule has 0 aromatic heterocycles. The van der Waals surface area contributed by atoms with Gasteiger partial charge in [0.15, 0.2) is 0 Å². The number of carbonyl (C=O) groups is 2. The molecule has 4 nitrogen and oxygen atoms in total. The first kappa shape index (κ1) is 17.3. The molecule has 0 spiro atoms. The van der Waals surface area contributed by atoms with Crippen molar-refractivity contribution >= 4 is 11.9 Å². The molecule has 8 aliphatic rings. The lowest BCUT2D eigenvalue weighted by Crippen LogP contribution is -2.51. The van der Waals surface area contributed by atoms with Gasteiger partial charge in [0.1, 0.15) is 0 Å². The van der Waals surface area contributed by atoms with Crippen molar-refractivity contribution < 1.29 is 19.1 Å². The number of carbonyl (C=O) groups excluding carboxylic acids is 2. The third-order valence-corrected chi connectivity index (χ3v) is 12.3. The summed E-state index contributed by atoms with van der Waals surface area (Å²) in [5, 5.41) is 0. The van der Waals surface area contributed by atoms with Gasteiger partial charge in [-0.15, -0.1) is 0 Å². The molecule has 0 radical (unpaired) electrons. The van der Waals surface area contributed by atoms with E-state index in [1.54, 1.807) is 0 Å². The Morgan fingerprint density at radius 3 is 1.37 bits per heavy atom. The van der Waals surface area contributed by atoms with Gasteiger partial charge in [-0.25, -0.2) is 0 Å². The predicted molar refractivity (Wildman–Crippen MR) is 107 cm³/mol. The summed E-state index contributed by atoms with van der Waals surface area (Å²) < 4.78 is 10.4. The van der Waals surface area contributed by atoms with E-state index in [0.717, 1.165) is 65.6 Å². The summed E-state index contributed by atoms with van der Waals surface area (Å²) >= 11 is 0. The molecule has 0 aromatic carbocycles. The van der Waals surface area contributed by atoms with Crippen LogP contribution in [-0.4, -0.2) is 26.2 Å². The highest BCUT2D eigenvalue weighted by Crippen LogP contribution is 2.81. The first-order valence-corrected chi connectivity index (χ1v) is 12.5. The number of ether oxygens (including phenoxy) is 2. The first-order valence-electron chi connectivity index (χ1n) is 12.5. The molecule has 16 unspecified atom stereocenters. The zero-order valence-electron chi connectivity index (χ0n) is 17.9. The topological polar surface area (TPSA) is 52.6 Å². The molecule has 8 rings (SSSR count). The van der Waals surface area contributed by atoms with Gasteiger partial charge in [0.25, 0.3) is 0 Å². The van der Waals surface area contributed by atoms with Gasteiger partial charge in [-0.05, 0) is 109 Å². The van der Waals surface area contributed by atoms with Gasteiger partial charge in [-0.1, -0.05) is 12.2 Å². The number of rotatable bonds is 2. The lowest BCUT2D eigenvalue weighted by atomic mass is 9.53. The molecule has 0 heterocycles. The summed E-state index contributed by atoms with van der Waals surface area (Å²) in [6.45, 7) is 0. The number of esters is 2. The molecule has 7 fully saturated rings. The minimum atomic E-state index is -0.261. The Kier molecular flexibility index (Phi) is 3.08. The van der Waals surface area contributed by atoms with Crippen LogP contribution in [0.1, 0.15) is 25.7 Å². The smallest absolute Gasteiger partial charge is 0.309 e. The van der Waals surface area contributed by atoms with E-state index in [9.17, 15) is 9.59 Å². The van der Waals surface area contributed by atoms with Crippen LogP contribution in [0.5, 0.6) is 0 Å². The van der Waals surface area contributed by atoms with Gasteiger partial charge >= 0.3 is 11.9 Å². The summed E-state index contributed by atoms with van der Waals surface area (Å²) in [6.07, 6.45) is 10.5. The molecule has 4 heteroatoms. The Morgan fingerprint density at radius 2 is 0.933 bits per heavy atom. The largest absolute Gasteiger partial charge is 0.469 e. The van der Waals surface area contributed by atoms with E-state index in [0.29, 0.717) is 23.7 Å². The highest BCUT2D eigenvalue weighted by Gasteiger charge is 2.78. The van der Waals surface area contributed by atoms with Gasteiger partial charge in [-0.2, -0.15) is 0 Å². The Bertz CT molecular complexity index is 812. The van der Waals surface area contributed by atoms with Crippen LogP contribution in [-0.2, 0) is 19.1 Å². The molecule has 7 saturated carbocycles. The molecule has 160 valence electrons. The summed E-state index contributed by atoms with van der Waals surface area (Å²) in [5.74, 6) is 10.2. The number of allylic oxidation sites excluding steroid dienone is 2. The van der Waals surface area contributed by atoms with E-state index in [1.807, 2.05) is 0 Å². The molecule has 0 aromatic rings. The minimum Gasteiger partial charge on any atom is -0.469 e. The van der Waals surface area contributed by atoms with E-state index >= 15 is 0 Å². The third-order valence-electron chi connectivity index (χ3n) is 12.3. The zero-order valence-corrected chi connectivity index (χ0v) is 17.9. The fourth-order valence-corrected chi connectivity index (χ4v) is 12.4. The van der Waals surface area contributed by atoms with Crippen molar-refractivity contribution in [3.8, 4) is 0 Å². The molecule has 30 heavy (non-hydrogen) atoms. The number of methoxy groups -OCH3 is 2. The van der Waals surface area contributed by atoms with Gasteiger partial charge in [-0.3, -0.25) is 9.59 Å². The van der Waals surface area contributed by atoms with Crippen molar-refractivity contribution in [1.29, 1.82) is 0 Å².